The van der Waals surface area contributed by atoms with E-state index < -0.39 is 0 Å². The maximum Gasteiger partial charge on any atom is 0.240 e. The predicted octanol–water partition coefficient (Wildman–Crippen LogP) is 2.32. The van der Waals surface area contributed by atoms with Gasteiger partial charge < -0.3 is 9.80 Å². The molecule has 30 heavy (non-hydrogen) atoms. The van der Waals surface area contributed by atoms with Crippen LogP contribution in [0.2, 0.25) is 0 Å². The molecule has 3 aliphatic heterocycles. The lowest BCUT2D eigenvalue weighted by molar-refractivity contribution is -0.142. The van der Waals surface area contributed by atoms with Crippen LogP contribution in [0.4, 0.5) is 4.39 Å². The number of carbonyl (C=O) groups is 2. The van der Waals surface area contributed by atoms with Crippen molar-refractivity contribution in [3.8, 4) is 6.07 Å². The zero-order valence-electron chi connectivity index (χ0n) is 17.4. The van der Waals surface area contributed by atoms with E-state index in [1.807, 2.05) is 18.7 Å². The van der Waals surface area contributed by atoms with E-state index in [1.54, 1.807) is 23.1 Å². The first-order valence-electron chi connectivity index (χ1n) is 10.9. The number of fused-ring (bicyclic) bond motifs is 3. The molecule has 5 rings (SSSR count). The van der Waals surface area contributed by atoms with Crippen molar-refractivity contribution in [2.75, 3.05) is 13.1 Å². The fourth-order valence-corrected chi connectivity index (χ4v) is 5.94. The summed E-state index contributed by atoms with van der Waals surface area (Å²) in [5.41, 5.74) is 0.545. The number of nitrogens with zero attached hydrogens (tertiary/aromatic N) is 4. The summed E-state index contributed by atoms with van der Waals surface area (Å²) in [6.45, 7) is 5.03. The van der Waals surface area contributed by atoms with Crippen LogP contribution in [-0.2, 0) is 9.59 Å². The van der Waals surface area contributed by atoms with Crippen LogP contribution in [0.5, 0.6) is 0 Å². The number of hydrogen-bond donors (Lipinski definition) is 0. The summed E-state index contributed by atoms with van der Waals surface area (Å²) >= 11 is 0. The van der Waals surface area contributed by atoms with E-state index in [0.717, 1.165) is 19.3 Å². The number of piperidine rings is 1. The van der Waals surface area contributed by atoms with Gasteiger partial charge in [-0.15, -0.1) is 0 Å². The van der Waals surface area contributed by atoms with Gasteiger partial charge in [0.1, 0.15) is 11.9 Å². The Kier molecular flexibility index (Phi) is 4.59. The molecule has 1 aromatic carbocycles. The first kappa shape index (κ1) is 19.5. The molecule has 4 fully saturated rings. The van der Waals surface area contributed by atoms with Crippen molar-refractivity contribution in [1.82, 2.24) is 14.7 Å². The Morgan fingerprint density at radius 3 is 2.73 bits per heavy atom. The number of halogens is 1. The monoisotopic (exact) mass is 410 g/mol. The van der Waals surface area contributed by atoms with E-state index in [2.05, 4.69) is 11.0 Å². The molecule has 0 spiro atoms. The maximum absolute atomic E-state index is 14.2. The topological polar surface area (TPSA) is 67.7 Å². The molecule has 158 valence electrons. The minimum absolute atomic E-state index is 0.0278. The van der Waals surface area contributed by atoms with Crippen molar-refractivity contribution in [1.29, 1.82) is 5.26 Å². The molecule has 2 unspecified atom stereocenters. The van der Waals surface area contributed by atoms with Crippen LogP contribution in [0.25, 0.3) is 0 Å². The minimum Gasteiger partial charge on any atom is -0.330 e. The summed E-state index contributed by atoms with van der Waals surface area (Å²) in [6, 6.07) is 8.36. The molecule has 3 saturated heterocycles. The number of piperazine rings is 1. The lowest BCUT2D eigenvalue weighted by atomic mass is 10.0. The number of amides is 2. The lowest BCUT2D eigenvalue weighted by Crippen LogP contribution is -2.53. The molecule has 0 N–H and O–H groups in total. The summed E-state index contributed by atoms with van der Waals surface area (Å²) in [6.07, 6.45) is 2.55. The van der Waals surface area contributed by atoms with E-state index in [4.69, 9.17) is 0 Å². The van der Waals surface area contributed by atoms with E-state index >= 15 is 0 Å². The molecule has 1 aromatic rings. The Labute approximate surface area is 176 Å². The SMILES string of the molecule is C[C@@H](CN1CC2C[C@@H]1C(=O)N2[C@@H](C)c1ccccc1F)C(=O)N1C2C[C@H]2C[C@H]1C#N. The third-order valence-electron chi connectivity index (χ3n) is 7.52. The number of carbonyl (C=O) groups excluding carboxylic acids is 2. The number of likely N-dealkylation sites (tertiary alicyclic amines) is 3. The number of benzene rings is 1. The molecule has 1 saturated carbocycles. The van der Waals surface area contributed by atoms with Crippen molar-refractivity contribution in [2.45, 2.75) is 63.3 Å². The molecule has 1 aliphatic carbocycles. The zero-order valence-corrected chi connectivity index (χ0v) is 17.4. The average Bonchev–Trinajstić information content (AvgIpc) is 3.07. The molecule has 7 atom stereocenters. The molecule has 4 aliphatic rings. The summed E-state index contributed by atoms with van der Waals surface area (Å²) in [5.74, 6) is 0.0411. The van der Waals surface area contributed by atoms with Crippen molar-refractivity contribution >= 4 is 11.8 Å². The van der Waals surface area contributed by atoms with Gasteiger partial charge in [0.2, 0.25) is 11.8 Å². The Morgan fingerprint density at radius 1 is 1.27 bits per heavy atom. The Balaban J connectivity index is 1.24. The molecule has 0 aromatic heterocycles. The Morgan fingerprint density at radius 2 is 2.03 bits per heavy atom. The normalized spacial score (nSPS) is 34.1. The van der Waals surface area contributed by atoms with Gasteiger partial charge in [0, 0.05) is 36.7 Å². The van der Waals surface area contributed by atoms with E-state index in [1.165, 1.54) is 6.07 Å². The van der Waals surface area contributed by atoms with Gasteiger partial charge in [0.15, 0.2) is 0 Å². The second kappa shape index (κ2) is 7.05. The largest absolute Gasteiger partial charge is 0.330 e. The summed E-state index contributed by atoms with van der Waals surface area (Å²) in [4.78, 5) is 31.9. The summed E-state index contributed by atoms with van der Waals surface area (Å²) in [7, 11) is 0. The van der Waals surface area contributed by atoms with Gasteiger partial charge in [-0.1, -0.05) is 25.1 Å². The highest BCUT2D eigenvalue weighted by Crippen LogP contribution is 2.48. The second-order valence-corrected chi connectivity index (χ2v) is 9.39. The standard InChI is InChI=1S/C23H27FN4O2/c1-13(22(29)28-16(10-25)7-15-8-20(15)28)11-26-12-17-9-21(26)23(30)27(17)14(2)18-5-3-4-6-19(18)24/h3-6,13-17,20-21H,7-9,11-12H2,1-2H3/t13-,14-,15+,16-,17?,20?,21+/m0/s1. The highest BCUT2D eigenvalue weighted by atomic mass is 19.1. The number of hydrogen-bond acceptors (Lipinski definition) is 4. The van der Waals surface area contributed by atoms with Gasteiger partial charge in [0.25, 0.3) is 0 Å². The zero-order chi connectivity index (χ0) is 21.2. The fraction of sp³-hybridized carbons (Fsp3) is 0.609. The van der Waals surface area contributed by atoms with Gasteiger partial charge in [-0.2, -0.15) is 5.26 Å². The van der Waals surface area contributed by atoms with Gasteiger partial charge in [-0.25, -0.2) is 4.39 Å². The smallest absolute Gasteiger partial charge is 0.240 e. The van der Waals surface area contributed by atoms with Crippen LogP contribution >= 0.6 is 0 Å². The van der Waals surface area contributed by atoms with Gasteiger partial charge in [-0.3, -0.25) is 14.5 Å². The molecular weight excluding hydrogens is 383 g/mol. The summed E-state index contributed by atoms with van der Waals surface area (Å²) in [5, 5.41) is 9.37. The van der Waals surface area contributed by atoms with Crippen molar-refractivity contribution in [3.63, 3.8) is 0 Å². The van der Waals surface area contributed by atoms with Crippen LogP contribution in [-0.4, -0.2) is 63.8 Å². The van der Waals surface area contributed by atoms with Gasteiger partial charge in [0.05, 0.1) is 18.2 Å². The minimum atomic E-state index is -0.303. The van der Waals surface area contributed by atoms with Crippen molar-refractivity contribution in [3.05, 3.63) is 35.6 Å². The molecule has 3 heterocycles. The molecule has 2 bridgehead atoms. The molecule has 2 amide bonds. The van der Waals surface area contributed by atoms with E-state index in [9.17, 15) is 19.2 Å². The highest BCUT2D eigenvalue weighted by Gasteiger charge is 2.55. The average molecular weight is 410 g/mol. The number of rotatable bonds is 5. The Bertz CT molecular complexity index is 930. The molecule has 6 nitrogen and oxygen atoms in total. The van der Waals surface area contributed by atoms with Gasteiger partial charge >= 0.3 is 0 Å². The van der Waals surface area contributed by atoms with Crippen molar-refractivity contribution < 1.29 is 14.0 Å². The van der Waals surface area contributed by atoms with E-state index in [-0.39, 0.29) is 53.8 Å². The first-order chi connectivity index (χ1) is 14.4. The van der Waals surface area contributed by atoms with Gasteiger partial charge in [-0.05, 0) is 38.2 Å². The third-order valence-corrected chi connectivity index (χ3v) is 7.52. The quantitative estimate of drug-likeness (QED) is 0.747. The third kappa shape index (κ3) is 2.92. The van der Waals surface area contributed by atoms with Crippen LogP contribution in [0, 0.1) is 29.0 Å². The van der Waals surface area contributed by atoms with Crippen LogP contribution in [0.1, 0.15) is 44.7 Å². The first-order valence-corrected chi connectivity index (χ1v) is 10.9. The van der Waals surface area contributed by atoms with Crippen LogP contribution in [0.15, 0.2) is 24.3 Å². The maximum atomic E-state index is 14.2. The van der Waals surface area contributed by atoms with Crippen LogP contribution in [0.3, 0.4) is 0 Å². The van der Waals surface area contributed by atoms with Crippen molar-refractivity contribution in [2.24, 2.45) is 11.8 Å². The molecule has 7 heteroatoms. The van der Waals surface area contributed by atoms with Crippen LogP contribution < -0.4 is 0 Å². The number of nitriles is 1. The molecular formula is C23H27FN4O2. The molecule has 0 radical (unpaired) electrons. The summed E-state index contributed by atoms with van der Waals surface area (Å²) < 4.78 is 14.2. The van der Waals surface area contributed by atoms with E-state index in [0.29, 0.717) is 24.6 Å². The predicted molar refractivity (Wildman–Crippen MR) is 107 cm³/mol. The second-order valence-electron chi connectivity index (χ2n) is 9.39. The Hall–Kier alpha value is -2.46. The highest BCUT2D eigenvalue weighted by molar-refractivity contribution is 5.86. The fourth-order valence-electron chi connectivity index (χ4n) is 5.94. The lowest BCUT2D eigenvalue weighted by Gasteiger charge is -2.38.